The van der Waals surface area contributed by atoms with E-state index in [4.69, 9.17) is 4.42 Å². The van der Waals surface area contributed by atoms with Gasteiger partial charge in [-0.2, -0.15) is 5.26 Å². The molecule has 0 radical (unpaired) electrons. The third kappa shape index (κ3) is 3.80. The minimum Gasteiger partial charge on any atom is -0.469 e. The molecule has 2 heterocycles. The van der Waals surface area contributed by atoms with E-state index in [1.165, 1.54) is 19.3 Å². The molecule has 2 aromatic rings. The third-order valence-corrected chi connectivity index (χ3v) is 5.65. The van der Waals surface area contributed by atoms with Crippen LogP contribution in [0.5, 0.6) is 0 Å². The van der Waals surface area contributed by atoms with Crippen LogP contribution in [0.2, 0.25) is 0 Å². The lowest BCUT2D eigenvalue weighted by Crippen LogP contribution is -2.38. The van der Waals surface area contributed by atoms with Gasteiger partial charge in [0.05, 0.1) is 17.7 Å². The third-order valence-electron chi connectivity index (χ3n) is 5.65. The van der Waals surface area contributed by atoms with E-state index in [1.54, 1.807) is 6.26 Å². The predicted molar refractivity (Wildman–Crippen MR) is 100 cm³/mol. The Kier molecular flexibility index (Phi) is 5.94. The van der Waals surface area contributed by atoms with Crippen molar-refractivity contribution in [1.82, 2.24) is 4.90 Å². The lowest BCUT2D eigenvalue weighted by atomic mass is 9.67. The highest BCUT2D eigenvalue weighted by molar-refractivity contribution is 5.38. The van der Waals surface area contributed by atoms with E-state index in [0.717, 1.165) is 43.8 Å². The molecule has 1 aromatic carbocycles. The first-order valence-corrected chi connectivity index (χ1v) is 9.52. The molecule has 3 nitrogen and oxygen atoms in total. The average Bonchev–Trinajstić information content (AvgIpc) is 3.21. The molecule has 0 amide bonds. The monoisotopic (exact) mass is 336 g/mol. The van der Waals surface area contributed by atoms with Crippen LogP contribution in [0.25, 0.3) is 0 Å². The summed E-state index contributed by atoms with van der Waals surface area (Å²) in [6, 6.07) is 17.0. The van der Waals surface area contributed by atoms with Crippen molar-refractivity contribution >= 4 is 0 Å². The molecule has 3 rings (SSSR count). The maximum Gasteiger partial charge on any atom is 0.108 e. The summed E-state index contributed by atoms with van der Waals surface area (Å²) >= 11 is 0. The summed E-state index contributed by atoms with van der Waals surface area (Å²) < 4.78 is 5.74. The highest BCUT2D eigenvalue weighted by Gasteiger charge is 2.42. The number of nitriles is 1. The molecule has 2 unspecified atom stereocenters. The zero-order chi connectivity index (χ0) is 17.5. The number of furan rings is 1. The summed E-state index contributed by atoms with van der Waals surface area (Å²) in [5.41, 5.74) is 0.559. The van der Waals surface area contributed by atoms with E-state index < -0.39 is 5.41 Å². The van der Waals surface area contributed by atoms with Gasteiger partial charge < -0.3 is 9.32 Å². The lowest BCUT2D eigenvalue weighted by Gasteiger charge is -2.37. The average molecular weight is 336 g/mol. The van der Waals surface area contributed by atoms with Crippen molar-refractivity contribution in [3.8, 4) is 6.07 Å². The SMILES string of the molecule is CCC(c1ccco1)C(C#N)(CCN1CCCCC1)c1ccccc1. The van der Waals surface area contributed by atoms with Crippen molar-refractivity contribution in [3.05, 3.63) is 60.1 Å². The maximum atomic E-state index is 10.3. The number of hydrogen-bond acceptors (Lipinski definition) is 3. The number of rotatable bonds is 7. The Morgan fingerprint density at radius 1 is 1.12 bits per heavy atom. The standard InChI is InChI=1S/C22H28N2O/c1-2-20(21-12-9-17-25-21)22(18-23,19-10-5-3-6-11-19)13-16-24-14-7-4-8-15-24/h3,5-6,9-12,17,20H,2,4,7-8,13-16H2,1H3. The van der Waals surface area contributed by atoms with Crippen LogP contribution in [-0.4, -0.2) is 24.5 Å². The number of piperidine rings is 1. The van der Waals surface area contributed by atoms with Gasteiger partial charge in [-0.1, -0.05) is 43.7 Å². The zero-order valence-electron chi connectivity index (χ0n) is 15.2. The van der Waals surface area contributed by atoms with Crippen LogP contribution in [0.15, 0.2) is 53.1 Å². The second kappa shape index (κ2) is 8.36. The molecule has 132 valence electrons. The van der Waals surface area contributed by atoms with E-state index >= 15 is 0 Å². The molecule has 1 saturated heterocycles. The van der Waals surface area contributed by atoms with E-state index in [2.05, 4.69) is 30.0 Å². The van der Waals surface area contributed by atoms with Gasteiger partial charge >= 0.3 is 0 Å². The maximum absolute atomic E-state index is 10.3. The fraction of sp³-hybridized carbons (Fsp3) is 0.500. The van der Waals surface area contributed by atoms with Gasteiger partial charge in [0.2, 0.25) is 0 Å². The molecule has 2 atom stereocenters. The summed E-state index contributed by atoms with van der Waals surface area (Å²) in [4.78, 5) is 2.52. The van der Waals surface area contributed by atoms with Gasteiger partial charge in [0.1, 0.15) is 5.76 Å². The van der Waals surface area contributed by atoms with Crippen molar-refractivity contribution in [2.24, 2.45) is 0 Å². The minimum absolute atomic E-state index is 0.0692. The Balaban J connectivity index is 1.93. The van der Waals surface area contributed by atoms with Crippen molar-refractivity contribution in [3.63, 3.8) is 0 Å². The highest BCUT2D eigenvalue weighted by Crippen LogP contribution is 2.44. The van der Waals surface area contributed by atoms with Gasteiger partial charge in [-0.05, 0) is 56.5 Å². The van der Waals surface area contributed by atoms with E-state index in [0.29, 0.717) is 0 Å². The largest absolute Gasteiger partial charge is 0.469 e. The molecule has 0 aliphatic carbocycles. The summed E-state index contributed by atoms with van der Waals surface area (Å²) in [5.74, 6) is 0.992. The van der Waals surface area contributed by atoms with Crippen molar-refractivity contribution in [2.75, 3.05) is 19.6 Å². The van der Waals surface area contributed by atoms with Crippen LogP contribution >= 0.6 is 0 Å². The van der Waals surface area contributed by atoms with Crippen LogP contribution in [0.3, 0.4) is 0 Å². The van der Waals surface area contributed by atoms with Crippen LogP contribution in [0.4, 0.5) is 0 Å². The van der Waals surface area contributed by atoms with Gasteiger partial charge in [0.25, 0.3) is 0 Å². The molecule has 0 spiro atoms. The van der Waals surface area contributed by atoms with Crippen molar-refractivity contribution in [1.29, 1.82) is 5.26 Å². The fourth-order valence-corrected chi connectivity index (χ4v) is 4.25. The summed E-state index contributed by atoms with van der Waals surface area (Å²) in [7, 11) is 0. The smallest absolute Gasteiger partial charge is 0.108 e. The highest BCUT2D eigenvalue weighted by atomic mass is 16.3. The molecular weight excluding hydrogens is 308 g/mol. The lowest BCUT2D eigenvalue weighted by molar-refractivity contribution is 0.202. The topological polar surface area (TPSA) is 40.2 Å². The molecule has 0 bridgehead atoms. The fourth-order valence-electron chi connectivity index (χ4n) is 4.25. The van der Waals surface area contributed by atoms with Gasteiger partial charge in [0.15, 0.2) is 0 Å². The Hall–Kier alpha value is -2.05. The Morgan fingerprint density at radius 3 is 2.48 bits per heavy atom. The van der Waals surface area contributed by atoms with Gasteiger partial charge in [-0.3, -0.25) is 0 Å². The molecule has 3 heteroatoms. The van der Waals surface area contributed by atoms with Gasteiger partial charge in [0, 0.05) is 12.5 Å². The first kappa shape index (κ1) is 17.8. The second-order valence-electron chi connectivity index (χ2n) is 7.08. The van der Waals surface area contributed by atoms with E-state index in [1.807, 2.05) is 30.3 Å². The van der Waals surface area contributed by atoms with Crippen molar-refractivity contribution in [2.45, 2.75) is 50.4 Å². The molecule has 1 aliphatic heterocycles. The number of likely N-dealkylation sites (tertiary alicyclic amines) is 1. The normalized spacial score (nSPS) is 19.0. The van der Waals surface area contributed by atoms with E-state index in [-0.39, 0.29) is 5.92 Å². The second-order valence-corrected chi connectivity index (χ2v) is 7.08. The molecule has 1 aliphatic rings. The number of hydrogen-bond donors (Lipinski definition) is 0. The molecular formula is C22H28N2O. The number of nitrogens with zero attached hydrogens (tertiary/aromatic N) is 2. The van der Waals surface area contributed by atoms with Crippen LogP contribution in [0, 0.1) is 11.3 Å². The summed E-state index contributed by atoms with van der Waals surface area (Å²) in [6.07, 6.45) is 7.33. The first-order chi connectivity index (χ1) is 12.3. The molecule has 0 N–H and O–H groups in total. The Labute approximate surface area is 151 Å². The van der Waals surface area contributed by atoms with Crippen LogP contribution in [0.1, 0.15) is 56.3 Å². The summed E-state index contributed by atoms with van der Waals surface area (Å²) in [5, 5.41) is 10.3. The molecule has 1 fully saturated rings. The first-order valence-electron chi connectivity index (χ1n) is 9.52. The predicted octanol–water partition coefficient (Wildman–Crippen LogP) is 5.11. The summed E-state index contributed by atoms with van der Waals surface area (Å²) in [6.45, 7) is 5.45. The van der Waals surface area contributed by atoms with Crippen LogP contribution < -0.4 is 0 Å². The van der Waals surface area contributed by atoms with Gasteiger partial charge in [-0.15, -0.1) is 0 Å². The minimum atomic E-state index is -0.550. The number of benzene rings is 1. The molecule has 1 aromatic heterocycles. The van der Waals surface area contributed by atoms with Crippen molar-refractivity contribution < 1.29 is 4.42 Å². The molecule has 0 saturated carbocycles. The van der Waals surface area contributed by atoms with Gasteiger partial charge in [-0.25, -0.2) is 0 Å². The van der Waals surface area contributed by atoms with Crippen LogP contribution in [-0.2, 0) is 5.41 Å². The van der Waals surface area contributed by atoms with E-state index in [9.17, 15) is 5.26 Å². The zero-order valence-corrected chi connectivity index (χ0v) is 15.2. The quantitative estimate of drug-likeness (QED) is 0.705. The Morgan fingerprint density at radius 2 is 1.88 bits per heavy atom. The Bertz CT molecular complexity index is 668. The molecule has 25 heavy (non-hydrogen) atoms.